The van der Waals surface area contributed by atoms with Crippen LogP contribution in [-0.2, 0) is 9.59 Å². The van der Waals surface area contributed by atoms with Gasteiger partial charge in [0.2, 0.25) is 11.8 Å². The lowest BCUT2D eigenvalue weighted by Crippen LogP contribution is -2.28. The number of nitrogens with one attached hydrogen (secondary N) is 2. The number of amides is 2. The van der Waals surface area contributed by atoms with Gasteiger partial charge in [-0.05, 0) is 43.3 Å². The molecule has 1 fully saturated rings. The van der Waals surface area contributed by atoms with Gasteiger partial charge < -0.3 is 10.6 Å². The minimum atomic E-state index is -0.473. The Kier molecular flexibility index (Phi) is 5.55. The molecular formula is C18H16BrN3O2S. The number of aliphatic imine (C=N–C) groups is 1. The predicted molar refractivity (Wildman–Crippen MR) is 105 cm³/mol. The van der Waals surface area contributed by atoms with Crippen molar-refractivity contribution < 1.29 is 9.59 Å². The molecule has 1 saturated heterocycles. The molecule has 2 aromatic carbocycles. The Morgan fingerprint density at radius 2 is 1.88 bits per heavy atom. The highest BCUT2D eigenvalue weighted by atomic mass is 79.9. The number of carbonyl (C=O) groups is 2. The molecule has 128 valence electrons. The molecule has 0 radical (unpaired) electrons. The molecular weight excluding hydrogens is 402 g/mol. The molecule has 3 rings (SSSR count). The van der Waals surface area contributed by atoms with Crippen LogP contribution in [0.3, 0.4) is 0 Å². The molecule has 5 nitrogen and oxygen atoms in total. The van der Waals surface area contributed by atoms with E-state index in [-0.39, 0.29) is 18.2 Å². The fourth-order valence-corrected chi connectivity index (χ4v) is 3.49. The molecule has 0 aliphatic carbocycles. The van der Waals surface area contributed by atoms with Crippen LogP contribution in [0.25, 0.3) is 0 Å². The number of benzene rings is 2. The topological polar surface area (TPSA) is 70.6 Å². The third-order valence-electron chi connectivity index (χ3n) is 3.54. The molecule has 0 spiro atoms. The van der Waals surface area contributed by atoms with Gasteiger partial charge in [0.05, 0.1) is 5.69 Å². The standard InChI is InChI=1S/C18H16BrN3O2S/c1-11-2-6-14(7-3-11)21-18-22-17(24)15(25-18)10-16(23)20-13-8-4-12(19)5-9-13/h2-9,15H,10H2,1H3,(H,20,23)(H,21,22,24). The molecule has 0 aromatic heterocycles. The molecule has 0 bridgehead atoms. The summed E-state index contributed by atoms with van der Waals surface area (Å²) in [6.07, 6.45) is 0.0967. The fourth-order valence-electron chi connectivity index (χ4n) is 2.24. The maximum Gasteiger partial charge on any atom is 0.240 e. The Morgan fingerprint density at radius 3 is 2.56 bits per heavy atom. The van der Waals surface area contributed by atoms with Crippen LogP contribution < -0.4 is 10.6 Å². The van der Waals surface area contributed by atoms with Crippen molar-refractivity contribution in [2.45, 2.75) is 18.6 Å². The van der Waals surface area contributed by atoms with Crippen LogP contribution in [0.5, 0.6) is 0 Å². The predicted octanol–water partition coefficient (Wildman–Crippen LogP) is 4.01. The molecule has 1 unspecified atom stereocenters. The summed E-state index contributed by atoms with van der Waals surface area (Å²) in [5, 5.41) is 5.58. The first-order chi connectivity index (χ1) is 12.0. The first-order valence-corrected chi connectivity index (χ1v) is 9.35. The van der Waals surface area contributed by atoms with E-state index >= 15 is 0 Å². The number of anilines is 1. The maximum absolute atomic E-state index is 12.1. The Morgan fingerprint density at radius 1 is 1.20 bits per heavy atom. The van der Waals surface area contributed by atoms with E-state index in [0.29, 0.717) is 10.9 Å². The van der Waals surface area contributed by atoms with Gasteiger partial charge in [-0.2, -0.15) is 0 Å². The second-order valence-electron chi connectivity index (χ2n) is 5.61. The molecule has 1 heterocycles. The molecule has 1 aliphatic rings. The summed E-state index contributed by atoms with van der Waals surface area (Å²) in [7, 11) is 0. The molecule has 1 aliphatic heterocycles. The molecule has 1 atom stereocenters. The van der Waals surface area contributed by atoms with Gasteiger partial charge in [-0.3, -0.25) is 9.59 Å². The molecule has 0 saturated carbocycles. The first-order valence-electron chi connectivity index (χ1n) is 7.68. The van der Waals surface area contributed by atoms with Crippen LogP contribution >= 0.6 is 27.7 Å². The van der Waals surface area contributed by atoms with Crippen LogP contribution in [0.1, 0.15) is 12.0 Å². The van der Waals surface area contributed by atoms with Gasteiger partial charge in [0.15, 0.2) is 5.17 Å². The normalized spacial score (nSPS) is 18.2. The van der Waals surface area contributed by atoms with E-state index in [4.69, 9.17) is 0 Å². The number of rotatable bonds is 4. The van der Waals surface area contributed by atoms with Crippen molar-refractivity contribution in [1.29, 1.82) is 0 Å². The zero-order chi connectivity index (χ0) is 17.8. The number of hydrogen-bond donors (Lipinski definition) is 2. The summed E-state index contributed by atoms with van der Waals surface area (Å²) in [6.45, 7) is 2.00. The van der Waals surface area contributed by atoms with E-state index in [1.807, 2.05) is 43.3 Å². The Bertz CT molecular complexity index is 819. The largest absolute Gasteiger partial charge is 0.326 e. The summed E-state index contributed by atoms with van der Waals surface area (Å²) >= 11 is 4.63. The average molecular weight is 418 g/mol. The minimum absolute atomic E-state index is 0.0967. The van der Waals surface area contributed by atoms with Crippen molar-refractivity contribution in [3.8, 4) is 0 Å². The number of amidine groups is 1. The SMILES string of the molecule is Cc1ccc(N=C2NC(=O)C(CC(=O)Nc3ccc(Br)cc3)S2)cc1. The van der Waals surface area contributed by atoms with Crippen LogP contribution in [0.4, 0.5) is 11.4 Å². The van der Waals surface area contributed by atoms with Gasteiger partial charge in [-0.25, -0.2) is 4.99 Å². The van der Waals surface area contributed by atoms with E-state index in [9.17, 15) is 9.59 Å². The van der Waals surface area contributed by atoms with Gasteiger partial charge in [-0.1, -0.05) is 45.4 Å². The zero-order valence-corrected chi connectivity index (χ0v) is 15.9. The lowest BCUT2D eigenvalue weighted by atomic mass is 10.2. The highest BCUT2D eigenvalue weighted by Crippen LogP contribution is 2.26. The third kappa shape index (κ3) is 4.93. The van der Waals surface area contributed by atoms with Gasteiger partial charge in [0.1, 0.15) is 5.25 Å². The van der Waals surface area contributed by atoms with E-state index in [1.54, 1.807) is 12.1 Å². The van der Waals surface area contributed by atoms with Crippen molar-refractivity contribution in [2.75, 3.05) is 5.32 Å². The summed E-state index contributed by atoms with van der Waals surface area (Å²) < 4.78 is 0.938. The quantitative estimate of drug-likeness (QED) is 0.789. The molecule has 2 amide bonds. The van der Waals surface area contributed by atoms with Crippen LogP contribution in [0.2, 0.25) is 0 Å². The van der Waals surface area contributed by atoms with Crippen molar-refractivity contribution in [2.24, 2.45) is 4.99 Å². The highest BCUT2D eigenvalue weighted by molar-refractivity contribution is 9.10. The summed E-state index contributed by atoms with van der Waals surface area (Å²) in [5.41, 5.74) is 2.62. The van der Waals surface area contributed by atoms with Gasteiger partial charge in [-0.15, -0.1) is 0 Å². The zero-order valence-electron chi connectivity index (χ0n) is 13.5. The lowest BCUT2D eigenvalue weighted by molar-refractivity contribution is -0.122. The first kappa shape index (κ1) is 17.7. The van der Waals surface area contributed by atoms with Crippen molar-refractivity contribution in [3.05, 3.63) is 58.6 Å². The number of nitrogens with zero attached hydrogens (tertiary/aromatic N) is 1. The summed E-state index contributed by atoms with van der Waals surface area (Å²) in [6, 6.07) is 15.0. The molecule has 2 aromatic rings. The third-order valence-corrected chi connectivity index (χ3v) is 5.15. The smallest absolute Gasteiger partial charge is 0.240 e. The van der Waals surface area contributed by atoms with Crippen molar-refractivity contribution in [1.82, 2.24) is 5.32 Å². The maximum atomic E-state index is 12.1. The summed E-state index contributed by atoms with van der Waals surface area (Å²) in [4.78, 5) is 28.6. The summed E-state index contributed by atoms with van der Waals surface area (Å²) in [5.74, 6) is -0.395. The minimum Gasteiger partial charge on any atom is -0.326 e. The lowest BCUT2D eigenvalue weighted by Gasteiger charge is -2.07. The molecule has 7 heteroatoms. The van der Waals surface area contributed by atoms with E-state index in [0.717, 1.165) is 15.7 Å². The van der Waals surface area contributed by atoms with Crippen LogP contribution in [0.15, 0.2) is 58.0 Å². The second-order valence-corrected chi connectivity index (χ2v) is 7.71. The average Bonchev–Trinajstić information content (AvgIpc) is 2.91. The Hall–Kier alpha value is -2.12. The van der Waals surface area contributed by atoms with E-state index in [2.05, 4.69) is 31.6 Å². The number of hydrogen-bond acceptors (Lipinski definition) is 4. The van der Waals surface area contributed by atoms with E-state index in [1.165, 1.54) is 11.8 Å². The fraction of sp³-hybridized carbons (Fsp3) is 0.167. The monoisotopic (exact) mass is 417 g/mol. The van der Waals surface area contributed by atoms with Gasteiger partial charge in [0, 0.05) is 16.6 Å². The van der Waals surface area contributed by atoms with Crippen LogP contribution in [0, 0.1) is 6.92 Å². The van der Waals surface area contributed by atoms with Gasteiger partial charge >= 0.3 is 0 Å². The molecule has 25 heavy (non-hydrogen) atoms. The van der Waals surface area contributed by atoms with Crippen molar-refractivity contribution in [3.63, 3.8) is 0 Å². The Balaban J connectivity index is 1.59. The molecule has 2 N–H and O–H groups in total. The number of thioether (sulfide) groups is 1. The van der Waals surface area contributed by atoms with Crippen molar-refractivity contribution >= 4 is 56.0 Å². The highest BCUT2D eigenvalue weighted by Gasteiger charge is 2.32. The number of aryl methyl sites for hydroxylation is 1. The Labute approximate surface area is 158 Å². The number of carbonyl (C=O) groups excluding carboxylic acids is 2. The van der Waals surface area contributed by atoms with Gasteiger partial charge in [0.25, 0.3) is 0 Å². The number of halogens is 1. The second kappa shape index (κ2) is 7.84. The van der Waals surface area contributed by atoms with E-state index < -0.39 is 5.25 Å². The van der Waals surface area contributed by atoms with Crippen LogP contribution in [-0.4, -0.2) is 22.2 Å².